The highest BCUT2D eigenvalue weighted by molar-refractivity contribution is 6.74. The number of carbonyl (C=O) groups is 1. The van der Waals surface area contributed by atoms with Gasteiger partial charge in [-0.25, -0.2) is 0 Å². The van der Waals surface area contributed by atoms with Crippen molar-refractivity contribution >= 4 is 14.3 Å². The van der Waals surface area contributed by atoms with Crippen molar-refractivity contribution in [1.82, 2.24) is 4.98 Å². The first-order chi connectivity index (χ1) is 21.8. The highest BCUT2D eigenvalue weighted by Gasteiger charge is 2.56. The normalized spacial score (nSPS) is 25.9. The molecule has 1 aromatic carbocycles. The summed E-state index contributed by atoms with van der Waals surface area (Å²) in [5.41, 5.74) is 7.55. The molecule has 0 amide bonds. The summed E-state index contributed by atoms with van der Waals surface area (Å²) in [7, 11) is -2.21. The second kappa shape index (κ2) is 12.1. The zero-order chi connectivity index (χ0) is 34.2. The lowest BCUT2D eigenvalue weighted by Crippen LogP contribution is -2.45. The van der Waals surface area contributed by atoms with Crippen molar-refractivity contribution in [1.29, 1.82) is 0 Å². The molecule has 2 fully saturated rings. The van der Waals surface area contributed by atoms with Crippen LogP contribution in [0.5, 0.6) is 0 Å². The number of aromatic nitrogens is 1. The molecule has 0 unspecified atom stereocenters. The van der Waals surface area contributed by atoms with E-state index in [-0.39, 0.29) is 40.0 Å². The fraction of sp³-hybridized carbons (Fsp3) is 0.700. The molecule has 0 bridgehead atoms. The fourth-order valence-corrected chi connectivity index (χ4v) is 9.60. The van der Waals surface area contributed by atoms with Crippen LogP contribution in [0.2, 0.25) is 18.1 Å². The van der Waals surface area contributed by atoms with Gasteiger partial charge < -0.3 is 18.6 Å². The maximum Gasteiger partial charge on any atom is 0.303 e. The summed E-state index contributed by atoms with van der Waals surface area (Å²) in [6, 6.07) is 9.12. The number of benzene rings is 1. The van der Waals surface area contributed by atoms with E-state index in [0.717, 1.165) is 75.1 Å². The van der Waals surface area contributed by atoms with Gasteiger partial charge in [0.15, 0.2) is 8.32 Å². The number of hydrogen-bond acceptors (Lipinski definition) is 6. The van der Waals surface area contributed by atoms with Crippen LogP contribution in [-0.4, -0.2) is 32.5 Å². The van der Waals surface area contributed by atoms with Crippen LogP contribution in [0.25, 0.3) is 0 Å². The van der Waals surface area contributed by atoms with Crippen LogP contribution in [0, 0.1) is 5.41 Å². The van der Waals surface area contributed by atoms with Crippen LogP contribution < -0.4 is 0 Å². The van der Waals surface area contributed by atoms with Gasteiger partial charge in [-0.15, -0.1) is 0 Å². The van der Waals surface area contributed by atoms with Gasteiger partial charge in [0.2, 0.25) is 0 Å². The van der Waals surface area contributed by atoms with E-state index in [2.05, 4.69) is 92.7 Å². The van der Waals surface area contributed by atoms with Crippen molar-refractivity contribution < 1.29 is 23.4 Å². The molecule has 7 heteroatoms. The minimum Gasteiger partial charge on any atom is -0.455 e. The minimum atomic E-state index is -2.21. The number of esters is 1. The van der Waals surface area contributed by atoms with Gasteiger partial charge in [0.1, 0.15) is 12.2 Å². The Hall–Kier alpha value is -2.06. The Morgan fingerprint density at radius 1 is 0.936 bits per heavy atom. The molecular weight excluding hydrogens is 603 g/mol. The molecule has 3 heterocycles. The Morgan fingerprint density at radius 2 is 1.55 bits per heavy atom. The van der Waals surface area contributed by atoms with E-state index in [1.54, 1.807) is 0 Å². The SMILES string of the molecule is CC(=O)O[C@H]1c2nc(C3CCOCC3)c3c(c2[C@@H](O[Si](C)(C)C(C)(C)C)CC1(C)C)C1(CCCC1)O[C@@H]3c1ccc(C(C)(C)C)cc1. The van der Waals surface area contributed by atoms with Gasteiger partial charge in [-0.3, -0.25) is 9.78 Å². The lowest BCUT2D eigenvalue weighted by molar-refractivity contribution is -0.156. The molecule has 6 rings (SSSR count). The highest BCUT2D eigenvalue weighted by Crippen LogP contribution is 2.63. The van der Waals surface area contributed by atoms with Crippen molar-refractivity contribution in [3.63, 3.8) is 0 Å². The molecule has 6 nitrogen and oxygen atoms in total. The zero-order valence-electron chi connectivity index (χ0n) is 31.0. The summed E-state index contributed by atoms with van der Waals surface area (Å²) in [5, 5.41) is 0.0432. The first-order valence-corrected chi connectivity index (χ1v) is 21.0. The van der Waals surface area contributed by atoms with Crippen LogP contribution >= 0.6 is 0 Å². The second-order valence-corrected chi connectivity index (χ2v) is 22.8. The molecule has 1 saturated heterocycles. The maximum absolute atomic E-state index is 12.7. The molecule has 3 atom stereocenters. The minimum absolute atomic E-state index is 0.0432. The molecular formula is C40H59NO5Si. The van der Waals surface area contributed by atoms with Crippen LogP contribution in [-0.2, 0) is 34.4 Å². The monoisotopic (exact) mass is 661 g/mol. The van der Waals surface area contributed by atoms with Crippen LogP contribution in [0.1, 0.15) is 171 Å². The van der Waals surface area contributed by atoms with E-state index < -0.39 is 20.0 Å². The number of rotatable bonds is 5. The fourth-order valence-electron chi connectivity index (χ4n) is 8.34. The molecule has 0 N–H and O–H groups in total. The van der Waals surface area contributed by atoms with Gasteiger partial charge in [-0.2, -0.15) is 0 Å². The Balaban J connectivity index is 1.65. The summed E-state index contributed by atoms with van der Waals surface area (Å²) in [4.78, 5) is 18.4. The summed E-state index contributed by atoms with van der Waals surface area (Å²) in [5.74, 6) is -0.0153. The lowest BCUT2D eigenvalue weighted by Gasteiger charge is -2.48. The van der Waals surface area contributed by atoms with E-state index in [1.807, 2.05) is 0 Å². The standard InChI is InChI=1S/C40H59NO5Si/c1-25(42)44-36-34-30(29(24-39(36,8)9)46-47(10,11)38(5,6)7)32-31(33(41-34)26-18-22-43-23-19-26)35(45-40(32)20-12-13-21-40)27-14-16-28(17-15-27)37(2,3)4/h14-17,26,29,35-36H,12-13,18-24H2,1-11H3/t29-,35+,36-/m0/s1. The van der Waals surface area contributed by atoms with E-state index in [1.165, 1.54) is 29.2 Å². The summed E-state index contributed by atoms with van der Waals surface area (Å²) >= 11 is 0. The predicted molar refractivity (Wildman–Crippen MR) is 189 cm³/mol. The van der Waals surface area contributed by atoms with Crippen LogP contribution in [0.3, 0.4) is 0 Å². The number of carbonyl (C=O) groups excluding carboxylic acids is 1. The van der Waals surface area contributed by atoms with Gasteiger partial charge in [0.25, 0.3) is 0 Å². The average molecular weight is 662 g/mol. The van der Waals surface area contributed by atoms with E-state index in [9.17, 15) is 4.79 Å². The molecule has 47 heavy (non-hydrogen) atoms. The van der Waals surface area contributed by atoms with Crippen molar-refractivity contribution in [2.24, 2.45) is 5.41 Å². The predicted octanol–water partition coefficient (Wildman–Crippen LogP) is 10.3. The Morgan fingerprint density at radius 3 is 2.11 bits per heavy atom. The maximum atomic E-state index is 12.7. The third kappa shape index (κ3) is 6.28. The topological polar surface area (TPSA) is 66.9 Å². The molecule has 2 aromatic rings. The summed E-state index contributed by atoms with van der Waals surface area (Å²) < 4.78 is 27.1. The van der Waals surface area contributed by atoms with E-state index in [4.69, 9.17) is 23.6 Å². The van der Waals surface area contributed by atoms with Gasteiger partial charge in [-0.1, -0.05) is 92.5 Å². The summed E-state index contributed by atoms with van der Waals surface area (Å²) in [6.07, 6.45) is 6.01. The Labute approximate surface area is 284 Å². The molecule has 2 aliphatic carbocycles. The molecule has 258 valence electrons. The first kappa shape index (κ1) is 34.8. The van der Waals surface area contributed by atoms with Gasteiger partial charge in [-0.05, 0) is 72.3 Å². The molecule has 1 saturated carbocycles. The molecule has 1 spiro atoms. The number of ether oxygens (including phenoxy) is 3. The van der Waals surface area contributed by atoms with Crippen molar-refractivity contribution in [3.8, 4) is 0 Å². The molecule has 2 aliphatic heterocycles. The van der Waals surface area contributed by atoms with Crippen LogP contribution in [0.15, 0.2) is 24.3 Å². The Bertz CT molecular complexity index is 1490. The molecule has 4 aliphatic rings. The second-order valence-electron chi connectivity index (χ2n) is 18.1. The first-order valence-electron chi connectivity index (χ1n) is 18.1. The van der Waals surface area contributed by atoms with Gasteiger partial charge in [0.05, 0.1) is 23.1 Å². The molecule has 0 radical (unpaired) electrons. The average Bonchev–Trinajstić information content (AvgIpc) is 3.58. The van der Waals surface area contributed by atoms with Crippen molar-refractivity contribution in [3.05, 3.63) is 63.5 Å². The van der Waals surface area contributed by atoms with E-state index in [0.29, 0.717) is 0 Å². The molecule has 1 aromatic heterocycles. The van der Waals surface area contributed by atoms with Crippen molar-refractivity contribution in [2.45, 2.75) is 161 Å². The third-order valence-electron chi connectivity index (χ3n) is 12.0. The Kier molecular flexibility index (Phi) is 8.93. The zero-order valence-corrected chi connectivity index (χ0v) is 32.0. The summed E-state index contributed by atoms with van der Waals surface area (Å²) in [6.45, 7) is 25.8. The van der Waals surface area contributed by atoms with Gasteiger partial charge in [0, 0.05) is 42.6 Å². The number of fused-ring (bicyclic) bond motifs is 4. The number of hydrogen-bond donors (Lipinski definition) is 0. The largest absolute Gasteiger partial charge is 0.455 e. The number of nitrogens with zero attached hydrogens (tertiary/aromatic N) is 1. The van der Waals surface area contributed by atoms with E-state index >= 15 is 0 Å². The quantitative estimate of drug-likeness (QED) is 0.235. The smallest absolute Gasteiger partial charge is 0.303 e. The lowest BCUT2D eigenvalue weighted by atomic mass is 9.68. The van der Waals surface area contributed by atoms with Crippen LogP contribution in [0.4, 0.5) is 0 Å². The highest BCUT2D eigenvalue weighted by atomic mass is 28.4. The van der Waals surface area contributed by atoms with Crippen molar-refractivity contribution in [2.75, 3.05) is 13.2 Å². The number of pyridine rings is 1. The van der Waals surface area contributed by atoms with Gasteiger partial charge >= 0.3 is 5.97 Å². The third-order valence-corrected chi connectivity index (χ3v) is 16.5.